The van der Waals surface area contributed by atoms with Crippen LogP contribution in [0.4, 0.5) is 35.3 Å². The van der Waals surface area contributed by atoms with Gasteiger partial charge in [-0.25, -0.2) is 18.6 Å². The number of ether oxygens (including phenoxy) is 2. The normalized spacial score (nSPS) is 10.5. The van der Waals surface area contributed by atoms with E-state index in [0.717, 1.165) is 7.11 Å². The summed E-state index contributed by atoms with van der Waals surface area (Å²) >= 11 is 0. The molecule has 174 valence electrons. The number of anilines is 3. The van der Waals surface area contributed by atoms with Gasteiger partial charge in [0.05, 0.1) is 12.8 Å². The molecule has 0 bridgehead atoms. The van der Waals surface area contributed by atoms with Crippen LogP contribution in [0, 0.1) is 17.5 Å². The molecule has 4 N–H and O–H groups in total. The molecule has 0 spiro atoms. The summed E-state index contributed by atoms with van der Waals surface area (Å²) in [6, 6.07) is 7.35. The molecule has 2 aromatic carbocycles. The zero-order chi connectivity index (χ0) is 23.8. The second-order valence-electron chi connectivity index (χ2n) is 6.50. The maximum Gasteiger partial charge on any atom is 0.323 e. The molecule has 3 rings (SSSR count). The quantitative estimate of drug-likeness (QED) is 0.278. The molecule has 0 saturated heterocycles. The molecule has 33 heavy (non-hydrogen) atoms. The average molecular weight is 463 g/mol. The lowest BCUT2D eigenvalue weighted by molar-refractivity contribution is 0.262. The van der Waals surface area contributed by atoms with E-state index in [1.54, 1.807) is 18.2 Å². The summed E-state index contributed by atoms with van der Waals surface area (Å²) in [5.41, 5.74) is -0.376. The van der Waals surface area contributed by atoms with E-state index in [9.17, 15) is 18.0 Å². The zero-order valence-electron chi connectivity index (χ0n) is 17.4. The lowest BCUT2D eigenvalue weighted by atomic mass is 10.2. The molecule has 0 radical (unpaired) electrons. The monoisotopic (exact) mass is 463 g/mol. The van der Waals surface area contributed by atoms with Gasteiger partial charge in [-0.1, -0.05) is 0 Å². The van der Waals surface area contributed by atoms with Crippen LogP contribution in [0.1, 0.15) is 6.42 Å². The van der Waals surface area contributed by atoms with Gasteiger partial charge in [-0.3, -0.25) is 0 Å². The molecule has 0 atom stereocenters. The maximum absolute atomic E-state index is 14.0. The first-order valence-electron chi connectivity index (χ1n) is 9.66. The summed E-state index contributed by atoms with van der Waals surface area (Å²) in [4.78, 5) is 20.3. The number of halogens is 3. The van der Waals surface area contributed by atoms with Crippen LogP contribution in [0.2, 0.25) is 0 Å². The Morgan fingerprint density at radius 2 is 1.85 bits per heavy atom. The van der Waals surface area contributed by atoms with Crippen molar-refractivity contribution in [2.45, 2.75) is 6.42 Å². The van der Waals surface area contributed by atoms with Crippen LogP contribution in [-0.4, -0.2) is 41.4 Å². The van der Waals surface area contributed by atoms with Crippen molar-refractivity contribution in [2.24, 2.45) is 0 Å². The predicted octanol–water partition coefficient (Wildman–Crippen LogP) is 4.13. The average Bonchev–Trinajstić information content (AvgIpc) is 2.79. The zero-order valence-corrected chi connectivity index (χ0v) is 17.4. The van der Waals surface area contributed by atoms with Crippen LogP contribution in [0.3, 0.4) is 0 Å². The Morgan fingerprint density at radius 1 is 1.09 bits per heavy atom. The number of rotatable bonds is 9. The van der Waals surface area contributed by atoms with Crippen molar-refractivity contribution < 1.29 is 32.5 Å². The van der Waals surface area contributed by atoms with E-state index in [4.69, 9.17) is 9.84 Å². The fraction of sp³-hybridized carbons (Fsp3) is 0.190. The van der Waals surface area contributed by atoms with Gasteiger partial charge in [-0.05, 0) is 30.7 Å². The molecule has 12 heteroatoms. The number of methoxy groups -OCH3 is 1. The fourth-order valence-corrected chi connectivity index (χ4v) is 2.63. The van der Waals surface area contributed by atoms with Gasteiger partial charge in [0.2, 0.25) is 17.6 Å². The Kier molecular flexibility index (Phi) is 7.86. The van der Waals surface area contributed by atoms with Gasteiger partial charge in [-0.2, -0.15) is 9.37 Å². The molecular formula is C21H20F3N5O4. The Bertz CT molecular complexity index is 1120. The number of aromatic nitrogens is 2. The maximum atomic E-state index is 14.0. The van der Waals surface area contributed by atoms with Crippen molar-refractivity contribution >= 4 is 23.4 Å². The van der Waals surface area contributed by atoms with Gasteiger partial charge in [0.1, 0.15) is 5.75 Å². The van der Waals surface area contributed by atoms with Crippen molar-refractivity contribution in [3.63, 3.8) is 0 Å². The third-order valence-corrected chi connectivity index (χ3v) is 4.15. The highest BCUT2D eigenvalue weighted by Crippen LogP contribution is 2.29. The number of hydrogen-bond donors (Lipinski definition) is 4. The topological polar surface area (TPSA) is 118 Å². The predicted molar refractivity (Wildman–Crippen MR) is 114 cm³/mol. The molecule has 0 saturated carbocycles. The summed E-state index contributed by atoms with van der Waals surface area (Å²) in [5, 5.41) is 16.2. The number of amides is 2. The van der Waals surface area contributed by atoms with Crippen LogP contribution < -0.4 is 25.4 Å². The minimum Gasteiger partial charge on any atom is -0.491 e. The highest BCUT2D eigenvalue weighted by molar-refractivity contribution is 5.99. The summed E-state index contributed by atoms with van der Waals surface area (Å²) in [7, 11) is 0.994. The van der Waals surface area contributed by atoms with Crippen molar-refractivity contribution in [3.8, 4) is 17.4 Å². The molecule has 0 fully saturated rings. The van der Waals surface area contributed by atoms with Crippen molar-refractivity contribution in [1.29, 1.82) is 0 Å². The van der Waals surface area contributed by atoms with Gasteiger partial charge in [0.15, 0.2) is 17.4 Å². The fourth-order valence-electron chi connectivity index (χ4n) is 2.63. The SMILES string of the molecule is COc1c(F)cc(NC(=O)Nc2ccc(Oc3ccnc(NCCCO)n3)cc2)c(F)c1F. The summed E-state index contributed by atoms with van der Waals surface area (Å²) < 4.78 is 51.6. The number of aliphatic hydroxyl groups excluding tert-OH is 1. The van der Waals surface area contributed by atoms with Crippen LogP contribution in [-0.2, 0) is 0 Å². The van der Waals surface area contributed by atoms with E-state index in [1.807, 2.05) is 5.32 Å². The number of nitrogens with one attached hydrogen (secondary N) is 3. The van der Waals surface area contributed by atoms with E-state index in [-0.39, 0.29) is 12.5 Å². The van der Waals surface area contributed by atoms with Crippen molar-refractivity contribution in [3.05, 3.63) is 60.0 Å². The minimum atomic E-state index is -1.55. The van der Waals surface area contributed by atoms with Crippen LogP contribution in [0.5, 0.6) is 17.4 Å². The summed E-state index contributed by atoms with van der Waals surface area (Å²) in [5.74, 6) is -4.03. The Hall–Kier alpha value is -4.06. The van der Waals surface area contributed by atoms with Gasteiger partial charge >= 0.3 is 6.03 Å². The van der Waals surface area contributed by atoms with Crippen LogP contribution in [0.25, 0.3) is 0 Å². The van der Waals surface area contributed by atoms with Crippen molar-refractivity contribution in [1.82, 2.24) is 9.97 Å². The second kappa shape index (κ2) is 11.0. The Labute approximate surface area is 186 Å². The molecule has 0 aliphatic heterocycles. The molecule has 0 unspecified atom stereocenters. The van der Waals surface area contributed by atoms with Crippen LogP contribution in [0.15, 0.2) is 42.6 Å². The number of aliphatic hydroxyl groups is 1. The molecule has 1 heterocycles. The minimum absolute atomic E-state index is 0.0460. The van der Waals surface area contributed by atoms with Gasteiger partial charge < -0.3 is 30.5 Å². The second-order valence-corrected chi connectivity index (χ2v) is 6.50. The standard InChI is InChI=1S/C21H20F3N5O4/c1-32-19-14(22)11-15(17(23)18(19)24)28-21(31)27-12-3-5-13(6-4-12)33-16-7-9-26-20(29-16)25-8-2-10-30/h3-7,9,11,30H,2,8,10H2,1H3,(H,25,26,29)(H2,27,28,31). The van der Waals surface area contributed by atoms with Crippen LogP contribution >= 0.6 is 0 Å². The first-order chi connectivity index (χ1) is 15.9. The van der Waals surface area contributed by atoms with Gasteiger partial charge in [-0.15, -0.1) is 0 Å². The number of benzene rings is 2. The van der Waals surface area contributed by atoms with E-state index in [1.165, 1.54) is 18.3 Å². The lowest BCUT2D eigenvalue weighted by Gasteiger charge is -2.12. The van der Waals surface area contributed by atoms with E-state index in [2.05, 4.69) is 25.3 Å². The molecule has 0 aliphatic carbocycles. The smallest absolute Gasteiger partial charge is 0.323 e. The summed E-state index contributed by atoms with van der Waals surface area (Å²) in [6.45, 7) is 0.548. The van der Waals surface area contributed by atoms with Crippen molar-refractivity contribution in [2.75, 3.05) is 36.2 Å². The highest BCUT2D eigenvalue weighted by atomic mass is 19.2. The molecule has 0 aliphatic rings. The first-order valence-corrected chi connectivity index (χ1v) is 9.66. The van der Waals surface area contributed by atoms with Gasteiger partial charge in [0.25, 0.3) is 0 Å². The number of carbonyl (C=O) groups excluding carboxylic acids is 1. The largest absolute Gasteiger partial charge is 0.491 e. The molecule has 3 aromatic rings. The molecular weight excluding hydrogens is 443 g/mol. The number of nitrogens with zero attached hydrogens (tertiary/aromatic N) is 2. The third kappa shape index (κ3) is 6.23. The Balaban J connectivity index is 1.60. The number of carbonyl (C=O) groups is 1. The first kappa shape index (κ1) is 23.6. The van der Waals surface area contributed by atoms with E-state index < -0.39 is 34.9 Å². The lowest BCUT2D eigenvalue weighted by Crippen LogP contribution is -2.20. The van der Waals surface area contributed by atoms with E-state index >= 15 is 0 Å². The number of hydrogen-bond acceptors (Lipinski definition) is 7. The Morgan fingerprint density at radius 3 is 2.55 bits per heavy atom. The highest BCUT2D eigenvalue weighted by Gasteiger charge is 2.20. The molecule has 9 nitrogen and oxygen atoms in total. The van der Waals surface area contributed by atoms with E-state index in [0.29, 0.717) is 36.4 Å². The summed E-state index contributed by atoms with van der Waals surface area (Å²) in [6.07, 6.45) is 2.05. The number of urea groups is 1. The molecule has 2 amide bonds. The van der Waals surface area contributed by atoms with Gasteiger partial charge in [0, 0.05) is 37.2 Å². The third-order valence-electron chi connectivity index (χ3n) is 4.15. The molecule has 1 aromatic heterocycles.